The number of aliphatic hydroxyl groups is 1. The zero-order valence-corrected chi connectivity index (χ0v) is 13.6. The summed E-state index contributed by atoms with van der Waals surface area (Å²) >= 11 is 0. The lowest BCUT2D eigenvalue weighted by atomic mass is 10.0. The van der Waals surface area contributed by atoms with Gasteiger partial charge in [0.25, 0.3) is 0 Å². The Morgan fingerprint density at radius 1 is 1.27 bits per heavy atom. The molecular weight excluding hydrogens is 276 g/mol. The summed E-state index contributed by atoms with van der Waals surface area (Å²) in [4.78, 5) is 6.03. The van der Waals surface area contributed by atoms with Crippen molar-refractivity contribution in [3.63, 3.8) is 0 Å². The summed E-state index contributed by atoms with van der Waals surface area (Å²) in [5.74, 6) is 0.401. The van der Waals surface area contributed by atoms with E-state index in [4.69, 9.17) is 0 Å². The van der Waals surface area contributed by atoms with Crippen LogP contribution in [0.25, 0.3) is 11.8 Å². The van der Waals surface area contributed by atoms with Crippen LogP contribution in [0.3, 0.4) is 0 Å². The van der Waals surface area contributed by atoms with E-state index >= 15 is 0 Å². The lowest BCUT2D eigenvalue weighted by Crippen LogP contribution is -2.17. The fourth-order valence-corrected chi connectivity index (χ4v) is 2.26. The summed E-state index contributed by atoms with van der Waals surface area (Å²) in [7, 11) is 4.02. The molecule has 0 unspecified atom stereocenters. The number of rotatable bonds is 6. The second-order valence-corrected chi connectivity index (χ2v) is 6.04. The van der Waals surface area contributed by atoms with Crippen molar-refractivity contribution < 1.29 is 5.11 Å². The maximum Gasteiger partial charge on any atom is 0.138 e. The van der Waals surface area contributed by atoms with E-state index in [2.05, 4.69) is 41.0 Å². The zero-order valence-electron chi connectivity index (χ0n) is 13.6. The Bertz CT molecular complexity index is 600. The third-order valence-electron chi connectivity index (χ3n) is 3.44. The minimum Gasteiger partial charge on any atom is -0.387 e. The van der Waals surface area contributed by atoms with Crippen molar-refractivity contribution >= 4 is 17.5 Å². The Hall–Kier alpha value is -2.14. The molecule has 5 heteroatoms. The molecule has 0 aliphatic rings. The van der Waals surface area contributed by atoms with Crippen LogP contribution in [0.1, 0.15) is 25.8 Å². The van der Waals surface area contributed by atoms with Crippen molar-refractivity contribution in [1.82, 2.24) is 14.8 Å². The molecule has 1 aromatic carbocycles. The number of hydrogen-bond acceptors (Lipinski definition) is 4. The van der Waals surface area contributed by atoms with Crippen LogP contribution < -0.4 is 4.90 Å². The van der Waals surface area contributed by atoms with Crippen LogP contribution in [0.5, 0.6) is 0 Å². The number of benzene rings is 1. The topological polar surface area (TPSA) is 54.2 Å². The highest BCUT2D eigenvalue weighted by molar-refractivity contribution is 5.73. The summed E-state index contributed by atoms with van der Waals surface area (Å²) in [6.45, 7) is 4.18. The Kier molecular flexibility index (Phi) is 5.33. The molecule has 1 aromatic heterocycles. The Balaban J connectivity index is 2.31. The molecule has 0 saturated carbocycles. The van der Waals surface area contributed by atoms with Crippen LogP contribution in [-0.4, -0.2) is 40.1 Å². The van der Waals surface area contributed by atoms with E-state index in [1.807, 2.05) is 32.3 Å². The number of aromatic nitrogens is 3. The molecule has 2 rings (SSSR count). The quantitative estimate of drug-likeness (QED) is 0.891. The van der Waals surface area contributed by atoms with E-state index < -0.39 is 6.10 Å². The number of nitrogens with zero attached hydrogens (tertiary/aromatic N) is 4. The predicted molar refractivity (Wildman–Crippen MR) is 90.4 cm³/mol. The first-order valence-electron chi connectivity index (χ1n) is 7.49. The smallest absolute Gasteiger partial charge is 0.138 e. The SMILES string of the molecule is CC(C)C[C@@H](O)/C(=C/c1ccc(N(C)C)cc1)n1cncn1. The molecule has 5 nitrogen and oxygen atoms in total. The van der Waals surface area contributed by atoms with Crippen LogP contribution >= 0.6 is 0 Å². The maximum absolute atomic E-state index is 10.5. The van der Waals surface area contributed by atoms with E-state index in [0.29, 0.717) is 12.3 Å². The molecule has 1 atom stereocenters. The number of anilines is 1. The third-order valence-corrected chi connectivity index (χ3v) is 3.44. The van der Waals surface area contributed by atoms with Crippen LogP contribution in [0.4, 0.5) is 5.69 Å². The van der Waals surface area contributed by atoms with Gasteiger partial charge >= 0.3 is 0 Å². The van der Waals surface area contributed by atoms with Gasteiger partial charge in [-0.25, -0.2) is 9.67 Å². The van der Waals surface area contributed by atoms with Crippen LogP contribution in [0.2, 0.25) is 0 Å². The molecular formula is C17H24N4O. The third kappa shape index (κ3) is 4.18. The highest BCUT2D eigenvalue weighted by Gasteiger charge is 2.15. The first-order valence-corrected chi connectivity index (χ1v) is 7.49. The second-order valence-electron chi connectivity index (χ2n) is 6.04. The molecule has 0 radical (unpaired) electrons. The van der Waals surface area contributed by atoms with E-state index in [0.717, 1.165) is 16.9 Å². The van der Waals surface area contributed by atoms with E-state index in [9.17, 15) is 5.11 Å². The van der Waals surface area contributed by atoms with Crippen LogP contribution in [-0.2, 0) is 0 Å². The van der Waals surface area contributed by atoms with Gasteiger partial charge in [-0.15, -0.1) is 0 Å². The van der Waals surface area contributed by atoms with Gasteiger partial charge in [-0.3, -0.25) is 0 Å². The van der Waals surface area contributed by atoms with Gasteiger partial charge in [0.15, 0.2) is 0 Å². The maximum atomic E-state index is 10.5. The predicted octanol–water partition coefficient (Wildman–Crippen LogP) is 2.75. The van der Waals surface area contributed by atoms with Gasteiger partial charge in [-0.1, -0.05) is 26.0 Å². The fourth-order valence-electron chi connectivity index (χ4n) is 2.26. The number of hydrogen-bond donors (Lipinski definition) is 1. The summed E-state index contributed by atoms with van der Waals surface area (Å²) in [6.07, 6.45) is 5.16. The fraction of sp³-hybridized carbons (Fsp3) is 0.412. The van der Waals surface area contributed by atoms with Crippen molar-refractivity contribution in [3.8, 4) is 0 Å². The Morgan fingerprint density at radius 2 is 1.95 bits per heavy atom. The lowest BCUT2D eigenvalue weighted by Gasteiger charge is -2.17. The Morgan fingerprint density at radius 3 is 2.45 bits per heavy atom. The van der Waals surface area contributed by atoms with Gasteiger partial charge in [0, 0.05) is 19.8 Å². The average molecular weight is 300 g/mol. The van der Waals surface area contributed by atoms with Gasteiger partial charge in [-0.05, 0) is 36.1 Å². The van der Waals surface area contributed by atoms with Crippen molar-refractivity contribution in [2.75, 3.05) is 19.0 Å². The molecule has 0 fully saturated rings. The lowest BCUT2D eigenvalue weighted by molar-refractivity contribution is 0.197. The first kappa shape index (κ1) is 16.2. The molecule has 0 aliphatic heterocycles. The molecule has 0 amide bonds. The van der Waals surface area contributed by atoms with Gasteiger partial charge in [0.05, 0.1) is 11.8 Å². The van der Waals surface area contributed by atoms with E-state index in [1.165, 1.54) is 6.33 Å². The van der Waals surface area contributed by atoms with Gasteiger partial charge in [0.1, 0.15) is 12.7 Å². The van der Waals surface area contributed by atoms with Crippen molar-refractivity contribution in [1.29, 1.82) is 0 Å². The summed E-state index contributed by atoms with van der Waals surface area (Å²) < 4.78 is 1.63. The Labute approximate surface area is 131 Å². The molecule has 0 saturated heterocycles. The first-order chi connectivity index (χ1) is 10.5. The zero-order chi connectivity index (χ0) is 16.1. The monoisotopic (exact) mass is 300 g/mol. The summed E-state index contributed by atoms with van der Waals surface area (Å²) in [6, 6.07) is 8.18. The molecule has 1 heterocycles. The molecule has 2 aromatic rings. The standard InChI is InChI=1S/C17H24N4O/c1-13(2)9-17(22)16(21-12-18-11-19-21)10-14-5-7-15(8-6-14)20(3)4/h5-8,10-13,17,22H,9H2,1-4H3/b16-10-/t17-/m1/s1. The van der Waals surface area contributed by atoms with Crippen molar-refractivity contribution in [3.05, 3.63) is 42.5 Å². The molecule has 0 aliphatic carbocycles. The van der Waals surface area contributed by atoms with Crippen LogP contribution in [0, 0.1) is 5.92 Å². The minimum atomic E-state index is -0.574. The second kappa shape index (κ2) is 7.22. The molecule has 22 heavy (non-hydrogen) atoms. The highest BCUT2D eigenvalue weighted by atomic mass is 16.3. The molecule has 1 N–H and O–H groups in total. The molecule has 0 spiro atoms. The number of aliphatic hydroxyl groups excluding tert-OH is 1. The normalized spacial score (nSPS) is 13.5. The molecule has 118 valence electrons. The largest absolute Gasteiger partial charge is 0.387 e. The van der Waals surface area contributed by atoms with Crippen molar-refractivity contribution in [2.45, 2.75) is 26.4 Å². The van der Waals surface area contributed by atoms with Gasteiger partial charge in [-0.2, -0.15) is 5.10 Å². The van der Waals surface area contributed by atoms with Crippen molar-refractivity contribution in [2.24, 2.45) is 5.92 Å². The van der Waals surface area contributed by atoms with Gasteiger partial charge in [0.2, 0.25) is 0 Å². The average Bonchev–Trinajstić information content (AvgIpc) is 2.98. The summed E-state index contributed by atoms with van der Waals surface area (Å²) in [5, 5.41) is 14.6. The van der Waals surface area contributed by atoms with E-state index in [1.54, 1.807) is 11.0 Å². The molecule has 0 bridgehead atoms. The highest BCUT2D eigenvalue weighted by Crippen LogP contribution is 2.21. The van der Waals surface area contributed by atoms with E-state index in [-0.39, 0.29) is 0 Å². The van der Waals surface area contributed by atoms with Gasteiger partial charge < -0.3 is 10.0 Å². The van der Waals surface area contributed by atoms with Crippen LogP contribution in [0.15, 0.2) is 36.9 Å². The minimum absolute atomic E-state index is 0.401. The summed E-state index contributed by atoms with van der Waals surface area (Å²) in [5.41, 5.74) is 2.91.